The molecule has 1 aromatic carbocycles. The second kappa shape index (κ2) is 2.61. The lowest BCUT2D eigenvalue weighted by atomic mass is 10.2. The highest BCUT2D eigenvalue weighted by Crippen LogP contribution is 2.32. The molecule has 0 aliphatic rings. The highest BCUT2D eigenvalue weighted by Gasteiger charge is 2.06. The van der Waals surface area contributed by atoms with E-state index in [2.05, 4.69) is 0 Å². The number of nitrogen functional groups attached to an aromatic ring is 1. The van der Waals surface area contributed by atoms with Crippen molar-refractivity contribution in [2.45, 2.75) is 0 Å². The number of rotatable bonds is 0. The Balaban J connectivity index is 2.92. The summed E-state index contributed by atoms with van der Waals surface area (Å²) in [5.41, 5.74) is 6.18. The van der Waals surface area contributed by atoms with Crippen molar-refractivity contribution in [3.05, 3.63) is 28.4 Å². The topological polar surface area (TPSA) is 26.0 Å². The molecule has 0 spiro atoms. The maximum Gasteiger partial charge on any atom is 0.142 e. The van der Waals surface area contributed by atoms with Gasteiger partial charge < -0.3 is 5.73 Å². The van der Waals surface area contributed by atoms with Gasteiger partial charge in [-0.15, -0.1) is 11.3 Å². The van der Waals surface area contributed by atoms with Gasteiger partial charge in [-0.3, -0.25) is 0 Å². The Kier molecular flexibility index (Phi) is 1.70. The predicted octanol–water partition coefficient (Wildman–Crippen LogP) is 3.28. The van der Waals surface area contributed by atoms with Gasteiger partial charge in [-0.25, -0.2) is 4.39 Å². The summed E-state index contributed by atoms with van der Waals surface area (Å²) in [5, 5.41) is 2.79. The monoisotopic (exact) mass is 201 g/mol. The molecule has 0 aliphatic carbocycles. The summed E-state index contributed by atoms with van der Waals surface area (Å²) in [4.78, 5) is 0. The molecule has 0 radical (unpaired) electrons. The number of hydrogen-bond acceptors (Lipinski definition) is 2. The molecular weight excluding hydrogens is 197 g/mol. The van der Waals surface area contributed by atoms with Gasteiger partial charge in [0.25, 0.3) is 0 Å². The first-order chi connectivity index (χ1) is 5.68. The van der Waals surface area contributed by atoms with Crippen molar-refractivity contribution in [1.29, 1.82) is 0 Å². The van der Waals surface area contributed by atoms with Crippen molar-refractivity contribution < 1.29 is 4.39 Å². The van der Waals surface area contributed by atoms with Crippen LogP contribution in [0, 0.1) is 5.82 Å². The Labute approximate surface area is 77.6 Å². The van der Waals surface area contributed by atoms with Crippen molar-refractivity contribution in [2.75, 3.05) is 5.73 Å². The fourth-order valence-electron chi connectivity index (χ4n) is 1.08. The molecule has 0 atom stereocenters. The van der Waals surface area contributed by atoms with E-state index in [1.807, 2.05) is 0 Å². The molecule has 4 heteroatoms. The molecule has 2 rings (SSSR count). The van der Waals surface area contributed by atoms with E-state index in [0.29, 0.717) is 20.8 Å². The first-order valence-electron chi connectivity index (χ1n) is 3.30. The molecule has 1 heterocycles. The zero-order chi connectivity index (χ0) is 8.72. The molecule has 0 saturated carbocycles. The summed E-state index contributed by atoms with van der Waals surface area (Å²) in [7, 11) is 0. The van der Waals surface area contributed by atoms with Crippen molar-refractivity contribution in [2.24, 2.45) is 0 Å². The van der Waals surface area contributed by atoms with Crippen LogP contribution in [0.15, 0.2) is 17.5 Å². The lowest BCUT2D eigenvalue weighted by Crippen LogP contribution is -1.81. The Bertz CT molecular complexity index is 438. The summed E-state index contributed by atoms with van der Waals surface area (Å²) < 4.78 is 13.7. The zero-order valence-electron chi connectivity index (χ0n) is 5.97. The summed E-state index contributed by atoms with van der Waals surface area (Å²) in [6.45, 7) is 0. The molecule has 1 aromatic heterocycles. The molecule has 12 heavy (non-hydrogen) atoms. The van der Waals surface area contributed by atoms with Crippen LogP contribution < -0.4 is 5.73 Å². The summed E-state index contributed by atoms with van der Waals surface area (Å²) in [6, 6.07) is 2.96. The summed E-state index contributed by atoms with van der Waals surface area (Å²) in [6.07, 6.45) is 0. The van der Waals surface area contributed by atoms with Crippen LogP contribution in [0.1, 0.15) is 0 Å². The van der Waals surface area contributed by atoms with Crippen LogP contribution in [0.25, 0.3) is 10.1 Å². The van der Waals surface area contributed by atoms with Crippen LogP contribution in [0.3, 0.4) is 0 Å². The molecule has 0 bridgehead atoms. The van der Waals surface area contributed by atoms with Gasteiger partial charge in [0.1, 0.15) is 5.82 Å². The third-order valence-corrected chi connectivity index (χ3v) is 2.86. The SMILES string of the molecule is Nc1csc2c(F)cc(Cl)cc12. The first-order valence-corrected chi connectivity index (χ1v) is 4.56. The number of fused-ring (bicyclic) bond motifs is 1. The maximum atomic E-state index is 13.1. The molecule has 0 fully saturated rings. The quantitative estimate of drug-likeness (QED) is 0.696. The number of halogens is 2. The summed E-state index contributed by atoms with van der Waals surface area (Å²) >= 11 is 6.95. The van der Waals surface area contributed by atoms with Crippen LogP contribution in [0.4, 0.5) is 10.1 Å². The zero-order valence-corrected chi connectivity index (χ0v) is 7.55. The van der Waals surface area contributed by atoms with Crippen LogP contribution >= 0.6 is 22.9 Å². The van der Waals surface area contributed by atoms with E-state index in [1.54, 1.807) is 11.4 Å². The smallest absolute Gasteiger partial charge is 0.142 e. The van der Waals surface area contributed by atoms with E-state index in [1.165, 1.54) is 17.4 Å². The second-order valence-corrected chi connectivity index (χ2v) is 3.77. The molecule has 62 valence electrons. The average Bonchev–Trinajstić information content (AvgIpc) is 2.33. The number of hydrogen-bond donors (Lipinski definition) is 1. The van der Waals surface area contributed by atoms with Gasteiger partial charge >= 0.3 is 0 Å². The third kappa shape index (κ3) is 1.06. The molecule has 1 nitrogen and oxygen atoms in total. The van der Waals surface area contributed by atoms with Gasteiger partial charge in [0, 0.05) is 15.8 Å². The first kappa shape index (κ1) is 7.83. The molecule has 0 saturated heterocycles. The van der Waals surface area contributed by atoms with Crippen molar-refractivity contribution in [1.82, 2.24) is 0 Å². The molecule has 0 unspecified atom stereocenters. The maximum absolute atomic E-state index is 13.1. The standard InChI is InChI=1S/C8H5ClFNS/c9-4-1-5-7(11)3-12-8(5)6(10)2-4/h1-3H,11H2. The predicted molar refractivity (Wildman–Crippen MR) is 51.2 cm³/mol. The highest BCUT2D eigenvalue weighted by atomic mass is 35.5. The average molecular weight is 202 g/mol. The highest BCUT2D eigenvalue weighted by molar-refractivity contribution is 7.17. The minimum Gasteiger partial charge on any atom is -0.398 e. The van der Waals surface area contributed by atoms with E-state index in [9.17, 15) is 4.39 Å². The van der Waals surface area contributed by atoms with Crippen LogP contribution in [0.2, 0.25) is 5.02 Å². The van der Waals surface area contributed by atoms with E-state index >= 15 is 0 Å². The van der Waals surface area contributed by atoms with E-state index in [0.717, 1.165) is 0 Å². The van der Waals surface area contributed by atoms with Crippen LogP contribution in [-0.4, -0.2) is 0 Å². The molecule has 2 aromatic rings. The third-order valence-electron chi connectivity index (χ3n) is 1.62. The van der Waals surface area contributed by atoms with Gasteiger partial charge in [0.2, 0.25) is 0 Å². The van der Waals surface area contributed by atoms with Crippen molar-refractivity contribution in [3.8, 4) is 0 Å². The van der Waals surface area contributed by atoms with Gasteiger partial charge in [-0.05, 0) is 12.1 Å². The van der Waals surface area contributed by atoms with E-state index in [-0.39, 0.29) is 5.82 Å². The number of nitrogens with two attached hydrogens (primary N) is 1. The fraction of sp³-hybridized carbons (Fsp3) is 0. The van der Waals surface area contributed by atoms with Gasteiger partial charge in [0.05, 0.1) is 10.4 Å². The van der Waals surface area contributed by atoms with Gasteiger partial charge in [-0.1, -0.05) is 11.6 Å². The summed E-state index contributed by atoms with van der Waals surface area (Å²) in [5.74, 6) is -0.306. The van der Waals surface area contributed by atoms with Crippen LogP contribution in [0.5, 0.6) is 0 Å². The Hall–Kier alpha value is -0.800. The lowest BCUT2D eigenvalue weighted by Gasteiger charge is -1.94. The van der Waals surface area contributed by atoms with E-state index in [4.69, 9.17) is 17.3 Å². The Morgan fingerprint density at radius 1 is 1.42 bits per heavy atom. The fourth-order valence-corrected chi connectivity index (χ4v) is 2.13. The molecule has 2 N–H and O–H groups in total. The molecular formula is C8H5ClFNS. The Morgan fingerprint density at radius 3 is 2.92 bits per heavy atom. The van der Waals surface area contributed by atoms with E-state index < -0.39 is 0 Å². The van der Waals surface area contributed by atoms with Crippen molar-refractivity contribution >= 4 is 38.7 Å². The van der Waals surface area contributed by atoms with Crippen molar-refractivity contribution in [3.63, 3.8) is 0 Å². The molecule has 0 aliphatic heterocycles. The van der Waals surface area contributed by atoms with Crippen LogP contribution in [-0.2, 0) is 0 Å². The van der Waals surface area contributed by atoms with Gasteiger partial charge in [0.15, 0.2) is 0 Å². The number of benzene rings is 1. The number of thiophene rings is 1. The second-order valence-electron chi connectivity index (χ2n) is 2.46. The normalized spacial score (nSPS) is 10.8. The lowest BCUT2D eigenvalue weighted by molar-refractivity contribution is 0.642. The Morgan fingerprint density at radius 2 is 2.17 bits per heavy atom. The van der Waals surface area contributed by atoms with Gasteiger partial charge in [-0.2, -0.15) is 0 Å². The largest absolute Gasteiger partial charge is 0.398 e. The molecule has 0 amide bonds. The minimum atomic E-state index is -0.306. The minimum absolute atomic E-state index is 0.306. The number of anilines is 1.